The molecular weight excluding hydrogens is 464 g/mol. The molecule has 3 amide bonds. The lowest BCUT2D eigenvalue weighted by molar-refractivity contribution is -0.140. The molecule has 0 aromatic carbocycles. The maximum Gasteiger partial charge on any atom is 0.408 e. The van der Waals surface area contributed by atoms with E-state index in [1.54, 1.807) is 30.5 Å². The quantitative estimate of drug-likeness (QED) is 0.437. The first-order valence-corrected chi connectivity index (χ1v) is 14.4. The van der Waals surface area contributed by atoms with Gasteiger partial charge in [0.1, 0.15) is 12.1 Å². The third kappa shape index (κ3) is 8.00. The number of carbonyl (C=O) groups is 3. The van der Waals surface area contributed by atoms with E-state index in [4.69, 9.17) is 10.5 Å². The van der Waals surface area contributed by atoms with E-state index in [2.05, 4.69) is 10.6 Å². The van der Waals surface area contributed by atoms with E-state index >= 15 is 0 Å². The number of likely N-dealkylation sites (tertiary alicyclic amines) is 1. The number of rotatable bonds is 9. The van der Waals surface area contributed by atoms with Gasteiger partial charge in [-0.15, -0.1) is 11.8 Å². The normalized spacial score (nSPS) is 26.6. The van der Waals surface area contributed by atoms with Crippen molar-refractivity contribution in [3.8, 4) is 0 Å². The summed E-state index contributed by atoms with van der Waals surface area (Å²) in [5.41, 5.74) is 6.01. The molecule has 0 aromatic rings. The molecule has 3 aliphatic rings. The van der Waals surface area contributed by atoms with Crippen LogP contribution in [0.2, 0.25) is 0 Å². The predicted molar refractivity (Wildman–Crippen MR) is 140 cm³/mol. The van der Waals surface area contributed by atoms with Gasteiger partial charge >= 0.3 is 6.09 Å². The highest BCUT2D eigenvalue weighted by molar-refractivity contribution is 8.01. The molecule has 0 aromatic heterocycles. The lowest BCUT2D eigenvalue weighted by Gasteiger charge is -2.38. The molecule has 2 aliphatic carbocycles. The number of thioether (sulfide) groups is 1. The minimum Gasteiger partial charge on any atom is -0.447 e. The van der Waals surface area contributed by atoms with Crippen molar-refractivity contribution in [3.63, 3.8) is 0 Å². The highest BCUT2D eigenvalue weighted by Gasteiger charge is 2.45. The molecule has 4 N–H and O–H groups in total. The topological polar surface area (TPSA) is 114 Å². The zero-order valence-corrected chi connectivity index (χ0v) is 22.8. The summed E-state index contributed by atoms with van der Waals surface area (Å²) < 4.78 is 4.79. The van der Waals surface area contributed by atoms with Crippen LogP contribution in [-0.4, -0.2) is 70.1 Å². The van der Waals surface area contributed by atoms with E-state index in [9.17, 15) is 14.4 Å². The first-order chi connectivity index (χ1) is 16.6. The molecule has 2 saturated carbocycles. The largest absolute Gasteiger partial charge is 0.447 e. The van der Waals surface area contributed by atoms with Gasteiger partial charge in [0.2, 0.25) is 11.8 Å². The number of amides is 3. The van der Waals surface area contributed by atoms with Crippen molar-refractivity contribution in [3.05, 3.63) is 0 Å². The summed E-state index contributed by atoms with van der Waals surface area (Å²) in [5, 5.41) is 6.45. The number of nitrogens with two attached hydrogens (primary N) is 1. The van der Waals surface area contributed by atoms with Crippen molar-refractivity contribution in [2.45, 2.75) is 126 Å². The standard InChI is InChI=1S/C26H46N4O4S/c1-17(2)34-25(33)29-22(26(3,4)35-20-8-5-6-9-20)24(32)30-15-7-10-21(30)23(31)28-16-18-11-13-19(27)14-12-18/h17-22H,5-16,27H2,1-4H3,(H,28,31)(H,29,33)/t18-,19-,21-,22-/m0/s1. The van der Waals surface area contributed by atoms with E-state index in [1.807, 2.05) is 13.8 Å². The van der Waals surface area contributed by atoms with Crippen LogP contribution in [0.1, 0.15) is 91.9 Å². The molecule has 1 saturated heterocycles. The zero-order chi connectivity index (χ0) is 25.6. The van der Waals surface area contributed by atoms with Gasteiger partial charge in [0.25, 0.3) is 0 Å². The van der Waals surface area contributed by atoms with Crippen molar-refractivity contribution < 1.29 is 19.1 Å². The Kier molecular flexibility index (Phi) is 10.2. The first kappa shape index (κ1) is 28.1. The van der Waals surface area contributed by atoms with Crippen molar-refractivity contribution in [2.75, 3.05) is 13.1 Å². The molecule has 9 heteroatoms. The molecule has 2 atom stereocenters. The van der Waals surface area contributed by atoms with Gasteiger partial charge in [0.05, 0.1) is 6.10 Å². The predicted octanol–water partition coefficient (Wildman–Crippen LogP) is 3.57. The second-order valence-electron chi connectivity index (χ2n) is 11.4. The van der Waals surface area contributed by atoms with Crippen LogP contribution < -0.4 is 16.4 Å². The summed E-state index contributed by atoms with van der Waals surface area (Å²) in [6, 6.07) is -0.985. The van der Waals surface area contributed by atoms with Crippen LogP contribution in [0, 0.1) is 5.92 Å². The van der Waals surface area contributed by atoms with Crippen LogP contribution in [0.5, 0.6) is 0 Å². The van der Waals surface area contributed by atoms with E-state index in [1.165, 1.54) is 12.8 Å². The molecule has 1 heterocycles. The molecule has 1 aliphatic heterocycles. The Bertz CT molecular complexity index is 733. The molecule has 0 spiro atoms. The number of hydrogen-bond donors (Lipinski definition) is 3. The SMILES string of the molecule is CC(C)OC(=O)N[C@@H](C(=O)N1CCC[C@H]1C(=O)NC[C@H]1CC[C@H](N)CC1)C(C)(C)SC1CCCC1. The Hall–Kier alpha value is -1.48. The van der Waals surface area contributed by atoms with Gasteiger partial charge in [-0.3, -0.25) is 9.59 Å². The molecule has 8 nitrogen and oxygen atoms in total. The fraction of sp³-hybridized carbons (Fsp3) is 0.885. The van der Waals surface area contributed by atoms with E-state index in [-0.39, 0.29) is 24.0 Å². The number of hydrogen-bond acceptors (Lipinski definition) is 6. The second-order valence-corrected chi connectivity index (χ2v) is 13.3. The van der Waals surface area contributed by atoms with Crippen LogP contribution in [-0.2, 0) is 14.3 Å². The average molecular weight is 511 g/mol. The van der Waals surface area contributed by atoms with E-state index < -0.39 is 22.9 Å². The molecular formula is C26H46N4O4S. The van der Waals surface area contributed by atoms with Crippen molar-refractivity contribution >= 4 is 29.7 Å². The lowest BCUT2D eigenvalue weighted by Crippen LogP contribution is -2.60. The molecule has 200 valence electrons. The van der Waals surface area contributed by atoms with Crippen LogP contribution >= 0.6 is 11.8 Å². The molecule has 0 unspecified atom stereocenters. The summed E-state index contributed by atoms with van der Waals surface area (Å²) in [6.07, 6.45) is 9.30. The Balaban J connectivity index is 1.67. The van der Waals surface area contributed by atoms with Gasteiger partial charge in [0.15, 0.2) is 0 Å². The monoisotopic (exact) mass is 510 g/mol. The molecule has 0 bridgehead atoms. The number of nitrogens with zero attached hydrogens (tertiary/aromatic N) is 1. The highest BCUT2D eigenvalue weighted by atomic mass is 32.2. The fourth-order valence-electron chi connectivity index (χ4n) is 5.63. The van der Waals surface area contributed by atoms with Gasteiger partial charge < -0.3 is 26.0 Å². The number of ether oxygens (including phenoxy) is 1. The van der Waals surface area contributed by atoms with Crippen molar-refractivity contribution in [2.24, 2.45) is 11.7 Å². The van der Waals surface area contributed by atoms with Crippen molar-refractivity contribution in [1.29, 1.82) is 0 Å². The summed E-state index contributed by atoms with van der Waals surface area (Å²) in [4.78, 5) is 41.3. The summed E-state index contributed by atoms with van der Waals surface area (Å²) in [5.74, 6) is 0.171. The maximum atomic E-state index is 13.9. The molecule has 35 heavy (non-hydrogen) atoms. The number of nitrogens with one attached hydrogen (secondary N) is 2. The Morgan fingerprint density at radius 1 is 1.03 bits per heavy atom. The summed E-state index contributed by atoms with van der Waals surface area (Å²) in [6.45, 7) is 8.78. The van der Waals surface area contributed by atoms with E-state index in [0.29, 0.717) is 30.7 Å². The average Bonchev–Trinajstić information content (AvgIpc) is 3.48. The maximum absolute atomic E-state index is 13.9. The van der Waals surface area contributed by atoms with Gasteiger partial charge in [-0.05, 0) is 85.0 Å². The Labute approximate surface area is 215 Å². The zero-order valence-electron chi connectivity index (χ0n) is 22.0. The molecule has 3 fully saturated rings. The van der Waals surface area contributed by atoms with Crippen molar-refractivity contribution in [1.82, 2.24) is 15.5 Å². The second kappa shape index (κ2) is 12.7. The Morgan fingerprint density at radius 2 is 1.69 bits per heavy atom. The van der Waals surface area contributed by atoms with Crippen LogP contribution in [0.3, 0.4) is 0 Å². The summed E-state index contributed by atoms with van der Waals surface area (Å²) in [7, 11) is 0. The van der Waals surface area contributed by atoms with Gasteiger partial charge in [-0.1, -0.05) is 12.8 Å². The minimum atomic E-state index is -0.771. The fourth-order valence-corrected chi connectivity index (χ4v) is 7.35. The van der Waals surface area contributed by atoms with Crippen LogP contribution in [0.25, 0.3) is 0 Å². The molecule has 3 rings (SSSR count). The number of alkyl carbamates (subject to hydrolysis) is 1. The third-order valence-electron chi connectivity index (χ3n) is 7.61. The lowest BCUT2D eigenvalue weighted by atomic mass is 9.86. The smallest absolute Gasteiger partial charge is 0.408 e. The van der Waals surface area contributed by atoms with Crippen LogP contribution in [0.15, 0.2) is 0 Å². The number of carbonyl (C=O) groups excluding carboxylic acids is 3. The molecule has 0 radical (unpaired) electrons. The third-order valence-corrected chi connectivity index (χ3v) is 9.26. The Morgan fingerprint density at radius 3 is 2.31 bits per heavy atom. The summed E-state index contributed by atoms with van der Waals surface area (Å²) >= 11 is 1.78. The van der Waals surface area contributed by atoms with Gasteiger partial charge in [0, 0.05) is 29.1 Å². The van der Waals surface area contributed by atoms with Gasteiger partial charge in [-0.2, -0.15) is 0 Å². The van der Waals surface area contributed by atoms with E-state index in [0.717, 1.165) is 44.9 Å². The van der Waals surface area contributed by atoms with Gasteiger partial charge in [-0.25, -0.2) is 4.79 Å². The first-order valence-electron chi connectivity index (χ1n) is 13.6. The van der Waals surface area contributed by atoms with Crippen LogP contribution in [0.4, 0.5) is 4.79 Å². The minimum absolute atomic E-state index is 0.0875. The highest BCUT2D eigenvalue weighted by Crippen LogP contribution is 2.40.